The summed E-state index contributed by atoms with van der Waals surface area (Å²) in [6.07, 6.45) is 1.87. The molecule has 1 aromatic heterocycles. The summed E-state index contributed by atoms with van der Waals surface area (Å²) >= 11 is 4.47. The van der Waals surface area contributed by atoms with Gasteiger partial charge in [-0.1, -0.05) is 0 Å². The van der Waals surface area contributed by atoms with Crippen LogP contribution in [0.3, 0.4) is 0 Å². The van der Waals surface area contributed by atoms with Crippen LogP contribution in [0.1, 0.15) is 9.67 Å². The smallest absolute Gasteiger partial charge is 0.328 e. The van der Waals surface area contributed by atoms with Crippen molar-refractivity contribution >= 4 is 39.0 Å². The van der Waals surface area contributed by atoms with Gasteiger partial charge in [0.2, 0.25) is 0 Å². The van der Waals surface area contributed by atoms with E-state index in [1.807, 2.05) is 0 Å². The molecule has 3 nitrogen and oxygen atoms in total. The zero-order valence-corrected chi connectivity index (χ0v) is 8.76. The average molecular weight is 261 g/mol. The Morgan fingerprint density at radius 2 is 2.15 bits per heavy atom. The van der Waals surface area contributed by atoms with Gasteiger partial charge in [-0.2, -0.15) is 0 Å². The highest BCUT2D eigenvalue weighted by Gasteiger charge is 2.04. The highest BCUT2D eigenvalue weighted by molar-refractivity contribution is 9.10. The summed E-state index contributed by atoms with van der Waals surface area (Å²) in [4.78, 5) is 21.8. The van der Waals surface area contributed by atoms with E-state index in [4.69, 9.17) is 5.11 Å². The minimum atomic E-state index is -1.12. The highest BCUT2D eigenvalue weighted by atomic mass is 79.9. The predicted molar refractivity (Wildman–Crippen MR) is 53.1 cm³/mol. The van der Waals surface area contributed by atoms with E-state index in [0.717, 1.165) is 16.6 Å². The fraction of sp³-hybridized carbons (Fsp3) is 0. The number of thiophene rings is 1. The van der Waals surface area contributed by atoms with E-state index in [9.17, 15) is 9.59 Å². The first-order valence-corrected chi connectivity index (χ1v) is 4.96. The van der Waals surface area contributed by atoms with Crippen LogP contribution in [0.15, 0.2) is 28.1 Å². The van der Waals surface area contributed by atoms with Crippen molar-refractivity contribution in [2.24, 2.45) is 0 Å². The van der Waals surface area contributed by atoms with Gasteiger partial charge in [0.1, 0.15) is 0 Å². The van der Waals surface area contributed by atoms with Crippen molar-refractivity contribution in [2.45, 2.75) is 0 Å². The molecule has 13 heavy (non-hydrogen) atoms. The molecule has 0 unspecified atom stereocenters. The fourth-order valence-electron chi connectivity index (χ4n) is 0.671. The Balaban J connectivity index is 2.75. The number of carbonyl (C=O) groups excluding carboxylic acids is 1. The van der Waals surface area contributed by atoms with Gasteiger partial charge in [0, 0.05) is 15.9 Å². The normalized spacial score (nSPS) is 10.5. The van der Waals surface area contributed by atoms with E-state index in [-0.39, 0.29) is 5.78 Å². The molecule has 1 rings (SSSR count). The molecular formula is C8H5BrO3S. The summed E-state index contributed by atoms with van der Waals surface area (Å²) in [7, 11) is 0. The number of aliphatic carboxylic acids is 1. The zero-order chi connectivity index (χ0) is 9.84. The molecule has 0 saturated heterocycles. The molecule has 0 aliphatic heterocycles. The van der Waals surface area contributed by atoms with E-state index in [1.54, 1.807) is 11.4 Å². The van der Waals surface area contributed by atoms with Gasteiger partial charge in [0.25, 0.3) is 0 Å². The first-order valence-electron chi connectivity index (χ1n) is 3.29. The predicted octanol–water partition coefficient (Wildman–Crippen LogP) is 2.33. The summed E-state index contributed by atoms with van der Waals surface area (Å²) in [6.45, 7) is 0. The van der Waals surface area contributed by atoms with E-state index in [0.29, 0.717) is 4.88 Å². The van der Waals surface area contributed by atoms with Crippen LogP contribution in [0.2, 0.25) is 0 Å². The van der Waals surface area contributed by atoms with Gasteiger partial charge in [-0.05, 0) is 28.1 Å². The number of halogens is 1. The first kappa shape index (κ1) is 10.1. The van der Waals surface area contributed by atoms with E-state index >= 15 is 0 Å². The quantitative estimate of drug-likeness (QED) is 0.671. The number of rotatable bonds is 3. The second-order valence-corrected chi connectivity index (χ2v) is 3.99. The average Bonchev–Trinajstić information content (AvgIpc) is 2.47. The molecule has 68 valence electrons. The molecule has 0 aromatic carbocycles. The fourth-order valence-corrected chi connectivity index (χ4v) is 2.02. The number of carboxylic acids is 1. The Morgan fingerprint density at radius 3 is 2.62 bits per heavy atom. The summed E-state index contributed by atoms with van der Waals surface area (Å²) < 4.78 is 0.824. The largest absolute Gasteiger partial charge is 0.478 e. The monoisotopic (exact) mass is 260 g/mol. The van der Waals surface area contributed by atoms with Gasteiger partial charge in [0.15, 0.2) is 5.78 Å². The van der Waals surface area contributed by atoms with Gasteiger partial charge < -0.3 is 5.11 Å². The maximum absolute atomic E-state index is 11.2. The van der Waals surface area contributed by atoms with Crippen LogP contribution in [-0.4, -0.2) is 16.9 Å². The van der Waals surface area contributed by atoms with Crippen LogP contribution in [0.4, 0.5) is 0 Å². The molecule has 0 atom stereocenters. The van der Waals surface area contributed by atoms with Crippen molar-refractivity contribution in [3.63, 3.8) is 0 Å². The van der Waals surface area contributed by atoms with E-state index < -0.39 is 5.97 Å². The second-order valence-electron chi connectivity index (χ2n) is 2.16. The summed E-state index contributed by atoms with van der Waals surface area (Å²) in [6, 6.07) is 1.65. The second kappa shape index (κ2) is 4.34. The molecule has 0 radical (unpaired) electrons. The summed E-state index contributed by atoms with van der Waals surface area (Å²) in [5.74, 6) is -1.41. The first-order chi connectivity index (χ1) is 6.09. The van der Waals surface area contributed by atoms with Crippen LogP contribution in [0, 0.1) is 0 Å². The Labute approximate surface area is 86.8 Å². The standard InChI is InChI=1S/C8H5BrO3S/c9-5-3-7(13-4-5)6(10)1-2-8(11)12/h1-4H,(H,11,12)/b2-1+. The molecule has 1 aromatic rings. The molecule has 0 spiro atoms. The van der Waals surface area contributed by atoms with Crippen molar-refractivity contribution in [2.75, 3.05) is 0 Å². The number of hydrogen-bond acceptors (Lipinski definition) is 3. The van der Waals surface area contributed by atoms with Gasteiger partial charge in [-0.3, -0.25) is 4.79 Å². The lowest BCUT2D eigenvalue weighted by atomic mass is 10.3. The zero-order valence-electron chi connectivity index (χ0n) is 6.36. The maximum atomic E-state index is 11.2. The van der Waals surface area contributed by atoms with Crippen molar-refractivity contribution in [1.82, 2.24) is 0 Å². The lowest BCUT2D eigenvalue weighted by molar-refractivity contribution is -0.131. The molecule has 1 heterocycles. The Hall–Kier alpha value is -0.940. The number of carbonyl (C=O) groups is 2. The van der Waals surface area contributed by atoms with Crippen molar-refractivity contribution in [1.29, 1.82) is 0 Å². The minimum absolute atomic E-state index is 0.293. The van der Waals surface area contributed by atoms with Crippen LogP contribution in [0.25, 0.3) is 0 Å². The van der Waals surface area contributed by atoms with Crippen LogP contribution in [0.5, 0.6) is 0 Å². The Bertz CT molecular complexity index is 367. The molecule has 5 heteroatoms. The molecule has 0 bridgehead atoms. The number of carboxylic acid groups (broad SMARTS) is 1. The lowest BCUT2D eigenvalue weighted by Crippen LogP contribution is -1.93. The van der Waals surface area contributed by atoms with E-state index in [1.165, 1.54) is 11.3 Å². The molecule has 1 N–H and O–H groups in total. The highest BCUT2D eigenvalue weighted by Crippen LogP contribution is 2.20. The molecule has 0 aliphatic carbocycles. The van der Waals surface area contributed by atoms with Crippen LogP contribution < -0.4 is 0 Å². The minimum Gasteiger partial charge on any atom is -0.478 e. The van der Waals surface area contributed by atoms with Gasteiger partial charge in [-0.25, -0.2) is 4.79 Å². The SMILES string of the molecule is O=C(O)/C=C/C(=O)c1cc(Br)cs1. The van der Waals surface area contributed by atoms with Crippen molar-refractivity contribution < 1.29 is 14.7 Å². The molecule has 0 amide bonds. The summed E-state index contributed by atoms with van der Waals surface area (Å²) in [5.41, 5.74) is 0. The Kier molecular flexibility index (Phi) is 3.39. The molecule has 0 saturated carbocycles. The van der Waals surface area contributed by atoms with Crippen LogP contribution in [-0.2, 0) is 4.79 Å². The van der Waals surface area contributed by atoms with E-state index in [2.05, 4.69) is 15.9 Å². The van der Waals surface area contributed by atoms with Crippen LogP contribution >= 0.6 is 27.3 Å². The van der Waals surface area contributed by atoms with Crippen molar-refractivity contribution in [3.05, 3.63) is 32.9 Å². The van der Waals surface area contributed by atoms with Gasteiger partial charge >= 0.3 is 5.97 Å². The summed E-state index contributed by atoms with van der Waals surface area (Å²) in [5, 5.41) is 10.0. The maximum Gasteiger partial charge on any atom is 0.328 e. The third-order valence-corrected chi connectivity index (χ3v) is 2.89. The third-order valence-electron chi connectivity index (χ3n) is 1.19. The number of hydrogen-bond donors (Lipinski definition) is 1. The van der Waals surface area contributed by atoms with Gasteiger partial charge in [-0.15, -0.1) is 11.3 Å². The topological polar surface area (TPSA) is 54.4 Å². The molecular weight excluding hydrogens is 256 g/mol. The Morgan fingerprint density at radius 1 is 1.46 bits per heavy atom. The van der Waals surface area contributed by atoms with Crippen molar-refractivity contribution in [3.8, 4) is 0 Å². The molecule has 0 aliphatic rings. The number of allylic oxidation sites excluding steroid dienone is 1. The third kappa shape index (κ3) is 3.12. The van der Waals surface area contributed by atoms with Gasteiger partial charge in [0.05, 0.1) is 4.88 Å². The number of ketones is 1. The lowest BCUT2D eigenvalue weighted by Gasteiger charge is -1.85. The molecule has 0 fully saturated rings.